The van der Waals surface area contributed by atoms with Gasteiger partial charge in [0.05, 0.1) is 0 Å². The van der Waals surface area contributed by atoms with Crippen LogP contribution in [0.25, 0.3) is 11.1 Å². The van der Waals surface area contributed by atoms with E-state index in [-0.39, 0.29) is 12.5 Å². The number of ether oxygens (including phenoxy) is 1. The molecule has 0 radical (unpaired) electrons. The van der Waals surface area contributed by atoms with Crippen LogP contribution < -0.4 is 0 Å². The minimum absolute atomic E-state index is 0.310. The monoisotopic (exact) mass is 300 g/mol. The summed E-state index contributed by atoms with van der Waals surface area (Å²) in [7, 11) is 0. The summed E-state index contributed by atoms with van der Waals surface area (Å²) < 4.78 is 5.95. The van der Waals surface area contributed by atoms with Crippen molar-refractivity contribution in [3.63, 3.8) is 0 Å². The molecule has 0 fully saturated rings. The second kappa shape index (κ2) is 6.15. The van der Waals surface area contributed by atoms with Gasteiger partial charge in [-0.2, -0.15) is 10.2 Å². The standard InChI is InChI=1S/C20H16N2O/c1-3-7-15(8-4-1)16-11-13-18(14-12-16)20-22-21-19(23-20)17-9-5-2-6-10-17/h1-14,19-20H. The van der Waals surface area contributed by atoms with Crippen LogP contribution in [0.1, 0.15) is 23.6 Å². The molecule has 23 heavy (non-hydrogen) atoms. The van der Waals surface area contributed by atoms with Crippen molar-refractivity contribution < 1.29 is 4.74 Å². The molecule has 3 heteroatoms. The van der Waals surface area contributed by atoms with Gasteiger partial charge in [-0.15, -0.1) is 0 Å². The van der Waals surface area contributed by atoms with E-state index in [4.69, 9.17) is 4.74 Å². The quantitative estimate of drug-likeness (QED) is 0.626. The van der Waals surface area contributed by atoms with Gasteiger partial charge in [0.25, 0.3) is 0 Å². The molecule has 0 spiro atoms. The van der Waals surface area contributed by atoms with Gasteiger partial charge in [-0.25, -0.2) is 0 Å². The van der Waals surface area contributed by atoms with Crippen LogP contribution in [0, 0.1) is 0 Å². The Morgan fingerprint density at radius 1 is 0.522 bits per heavy atom. The third kappa shape index (κ3) is 2.91. The SMILES string of the molecule is c1ccc(-c2ccc(C3N=NC(c4ccccc4)O3)cc2)cc1. The molecule has 4 rings (SSSR count). The molecule has 0 bridgehead atoms. The summed E-state index contributed by atoms with van der Waals surface area (Å²) in [4.78, 5) is 0. The van der Waals surface area contributed by atoms with Gasteiger partial charge in [0.2, 0.25) is 0 Å². The number of hydrogen-bond acceptors (Lipinski definition) is 3. The molecule has 3 aromatic rings. The van der Waals surface area contributed by atoms with E-state index in [2.05, 4.69) is 46.6 Å². The summed E-state index contributed by atoms with van der Waals surface area (Å²) in [6.45, 7) is 0. The summed E-state index contributed by atoms with van der Waals surface area (Å²) in [5.74, 6) is 0. The van der Waals surface area contributed by atoms with Crippen molar-refractivity contribution >= 4 is 0 Å². The zero-order valence-electron chi connectivity index (χ0n) is 12.5. The lowest BCUT2D eigenvalue weighted by Crippen LogP contribution is -2.00. The van der Waals surface area contributed by atoms with E-state index < -0.39 is 0 Å². The van der Waals surface area contributed by atoms with Crippen molar-refractivity contribution in [2.45, 2.75) is 12.5 Å². The molecule has 3 nitrogen and oxygen atoms in total. The molecule has 2 unspecified atom stereocenters. The summed E-state index contributed by atoms with van der Waals surface area (Å²) in [5.41, 5.74) is 4.44. The largest absolute Gasteiger partial charge is 0.319 e. The van der Waals surface area contributed by atoms with Crippen molar-refractivity contribution in [1.29, 1.82) is 0 Å². The van der Waals surface area contributed by atoms with Crippen LogP contribution >= 0.6 is 0 Å². The molecule has 0 saturated carbocycles. The van der Waals surface area contributed by atoms with Crippen molar-refractivity contribution in [3.8, 4) is 11.1 Å². The molecular weight excluding hydrogens is 284 g/mol. The van der Waals surface area contributed by atoms with Crippen molar-refractivity contribution in [2.24, 2.45) is 10.2 Å². The van der Waals surface area contributed by atoms with E-state index in [9.17, 15) is 0 Å². The lowest BCUT2D eigenvalue weighted by atomic mass is 10.0. The van der Waals surface area contributed by atoms with Crippen LogP contribution in [0.3, 0.4) is 0 Å². The van der Waals surface area contributed by atoms with Gasteiger partial charge in [0, 0.05) is 11.1 Å². The highest BCUT2D eigenvalue weighted by Crippen LogP contribution is 2.35. The number of azo groups is 1. The fraction of sp³-hybridized carbons (Fsp3) is 0.100. The fourth-order valence-corrected chi connectivity index (χ4v) is 2.68. The maximum Gasteiger partial charge on any atom is 0.197 e. The number of hydrogen-bond donors (Lipinski definition) is 0. The van der Waals surface area contributed by atoms with Gasteiger partial charge in [0.15, 0.2) is 12.5 Å². The maximum absolute atomic E-state index is 5.95. The van der Waals surface area contributed by atoms with Crippen LogP contribution in [0.15, 0.2) is 95.2 Å². The van der Waals surface area contributed by atoms with Crippen LogP contribution in [0.2, 0.25) is 0 Å². The van der Waals surface area contributed by atoms with E-state index in [0.717, 1.165) is 11.1 Å². The first-order valence-electron chi connectivity index (χ1n) is 7.66. The second-order valence-electron chi connectivity index (χ2n) is 5.47. The van der Waals surface area contributed by atoms with Crippen LogP contribution in [0.5, 0.6) is 0 Å². The summed E-state index contributed by atoms with van der Waals surface area (Å²) in [5, 5.41) is 8.52. The molecule has 112 valence electrons. The topological polar surface area (TPSA) is 34.0 Å². The lowest BCUT2D eigenvalue weighted by molar-refractivity contribution is 0.0329. The van der Waals surface area contributed by atoms with Crippen molar-refractivity contribution in [2.75, 3.05) is 0 Å². The van der Waals surface area contributed by atoms with Crippen molar-refractivity contribution in [1.82, 2.24) is 0 Å². The van der Waals surface area contributed by atoms with E-state index in [0.29, 0.717) is 0 Å². The first-order chi connectivity index (χ1) is 11.4. The first-order valence-corrected chi connectivity index (χ1v) is 7.66. The molecule has 0 aliphatic carbocycles. The van der Waals surface area contributed by atoms with E-state index in [1.54, 1.807) is 0 Å². The molecule has 0 amide bonds. The molecule has 1 heterocycles. The van der Waals surface area contributed by atoms with Crippen molar-refractivity contribution in [3.05, 3.63) is 96.1 Å². The minimum Gasteiger partial charge on any atom is -0.319 e. The summed E-state index contributed by atoms with van der Waals surface area (Å²) in [6, 6.07) is 28.6. The first kappa shape index (κ1) is 13.9. The number of rotatable bonds is 3. The highest BCUT2D eigenvalue weighted by Gasteiger charge is 2.24. The zero-order valence-corrected chi connectivity index (χ0v) is 12.5. The Hall–Kier alpha value is -2.78. The molecule has 0 saturated heterocycles. The molecule has 1 aliphatic rings. The predicted molar refractivity (Wildman–Crippen MR) is 89.7 cm³/mol. The Bertz CT molecular complexity index is 798. The fourth-order valence-electron chi connectivity index (χ4n) is 2.68. The van der Waals surface area contributed by atoms with Gasteiger partial charge in [0.1, 0.15) is 0 Å². The van der Waals surface area contributed by atoms with Crippen LogP contribution in [-0.2, 0) is 4.74 Å². The molecule has 0 aromatic heterocycles. The molecule has 3 aromatic carbocycles. The van der Waals surface area contributed by atoms with Gasteiger partial charge in [-0.05, 0) is 11.1 Å². The molecule has 0 N–H and O–H groups in total. The summed E-state index contributed by atoms with van der Waals surface area (Å²) in [6.07, 6.45) is -0.639. The maximum atomic E-state index is 5.95. The number of benzene rings is 3. The Morgan fingerprint density at radius 3 is 1.61 bits per heavy atom. The Labute approximate surface area is 135 Å². The van der Waals surface area contributed by atoms with Crippen LogP contribution in [0.4, 0.5) is 0 Å². The average Bonchev–Trinajstić information content (AvgIpc) is 3.14. The number of nitrogens with zero attached hydrogens (tertiary/aromatic N) is 2. The third-order valence-corrected chi connectivity index (χ3v) is 3.92. The molecule has 2 atom stereocenters. The Balaban J connectivity index is 1.51. The minimum atomic E-state index is -0.329. The summed E-state index contributed by atoms with van der Waals surface area (Å²) >= 11 is 0. The van der Waals surface area contributed by atoms with Crippen LogP contribution in [-0.4, -0.2) is 0 Å². The zero-order chi connectivity index (χ0) is 15.5. The molecular formula is C20H16N2O. The van der Waals surface area contributed by atoms with Gasteiger partial charge < -0.3 is 4.74 Å². The average molecular weight is 300 g/mol. The smallest absolute Gasteiger partial charge is 0.197 e. The third-order valence-electron chi connectivity index (χ3n) is 3.92. The van der Waals surface area contributed by atoms with Gasteiger partial charge in [-0.3, -0.25) is 0 Å². The van der Waals surface area contributed by atoms with E-state index in [1.807, 2.05) is 48.5 Å². The normalized spacial score (nSPS) is 19.8. The molecule has 1 aliphatic heterocycles. The highest BCUT2D eigenvalue weighted by molar-refractivity contribution is 5.63. The lowest BCUT2D eigenvalue weighted by Gasteiger charge is -2.11. The predicted octanol–water partition coefficient (Wildman–Crippen LogP) is 5.53. The van der Waals surface area contributed by atoms with Gasteiger partial charge in [-0.1, -0.05) is 84.9 Å². The Kier molecular flexibility index (Phi) is 3.70. The highest BCUT2D eigenvalue weighted by atomic mass is 16.5. The second-order valence-corrected chi connectivity index (χ2v) is 5.47. The van der Waals surface area contributed by atoms with E-state index >= 15 is 0 Å². The van der Waals surface area contributed by atoms with E-state index in [1.165, 1.54) is 11.1 Å². The van der Waals surface area contributed by atoms with Gasteiger partial charge >= 0.3 is 0 Å². The Morgan fingerprint density at radius 2 is 1.00 bits per heavy atom.